The van der Waals surface area contributed by atoms with Crippen LogP contribution in [0.2, 0.25) is 0 Å². The monoisotopic (exact) mass is 384 g/mol. The van der Waals surface area contributed by atoms with Crippen molar-refractivity contribution in [2.45, 2.75) is 78.2 Å². The van der Waals surface area contributed by atoms with Crippen molar-refractivity contribution in [1.29, 1.82) is 0 Å². The van der Waals surface area contributed by atoms with Gasteiger partial charge in [0.05, 0.1) is 12.1 Å². The van der Waals surface area contributed by atoms with Gasteiger partial charge in [-0.1, -0.05) is 58.6 Å². The van der Waals surface area contributed by atoms with Gasteiger partial charge in [-0.2, -0.15) is 0 Å². The molecule has 1 heterocycles. The minimum atomic E-state index is -0.388. The third-order valence-corrected chi connectivity index (χ3v) is 5.57. The van der Waals surface area contributed by atoms with Gasteiger partial charge in [0.25, 0.3) is 5.56 Å². The van der Waals surface area contributed by atoms with Crippen LogP contribution in [0, 0.1) is 6.92 Å². The number of unbranched alkanes of at least 4 members (excludes halogenated alkanes) is 2. The van der Waals surface area contributed by atoms with Gasteiger partial charge in [-0.05, 0) is 49.4 Å². The van der Waals surface area contributed by atoms with Gasteiger partial charge in [-0.3, -0.25) is 4.79 Å². The number of nitrogens with zero attached hydrogens (tertiary/aromatic N) is 1. The van der Waals surface area contributed by atoms with E-state index in [0.29, 0.717) is 12.4 Å². The summed E-state index contributed by atoms with van der Waals surface area (Å²) in [7, 11) is 0. The summed E-state index contributed by atoms with van der Waals surface area (Å²) in [5, 5.41) is 0. The van der Waals surface area contributed by atoms with Crippen LogP contribution in [0.3, 0.4) is 0 Å². The van der Waals surface area contributed by atoms with Crippen LogP contribution in [0.5, 0.6) is 5.75 Å². The molecule has 0 bridgehead atoms. The van der Waals surface area contributed by atoms with E-state index in [-0.39, 0.29) is 11.1 Å². The fourth-order valence-electron chi connectivity index (χ4n) is 4.20. The minimum Gasteiger partial charge on any atom is -0.493 e. The van der Waals surface area contributed by atoms with Crippen molar-refractivity contribution in [3.05, 3.63) is 58.0 Å². The van der Waals surface area contributed by atoms with Crippen LogP contribution in [0.1, 0.15) is 76.8 Å². The molecule has 0 saturated carbocycles. The van der Waals surface area contributed by atoms with Gasteiger partial charge >= 0.3 is 0 Å². The highest BCUT2D eigenvalue weighted by molar-refractivity contribution is 5.52. The van der Waals surface area contributed by atoms with Crippen molar-refractivity contribution in [1.82, 2.24) is 4.57 Å². The molecule has 154 valence electrons. The number of pyridine rings is 1. The Balaban J connectivity index is 2.49. The highest BCUT2D eigenvalue weighted by atomic mass is 16.5. The molecule has 0 fully saturated rings. The zero-order valence-corrected chi connectivity index (χ0v) is 18.0. The molecule has 0 aliphatic heterocycles. The van der Waals surface area contributed by atoms with Crippen LogP contribution in [0.4, 0.5) is 5.69 Å². The molecule has 28 heavy (non-hydrogen) atoms. The van der Waals surface area contributed by atoms with E-state index in [9.17, 15) is 4.79 Å². The lowest BCUT2D eigenvalue weighted by molar-refractivity contribution is 0.279. The molecule has 2 aromatic rings. The number of ether oxygens (including phenoxy) is 1. The predicted molar refractivity (Wildman–Crippen MR) is 118 cm³/mol. The van der Waals surface area contributed by atoms with E-state index in [1.807, 2.05) is 29.0 Å². The van der Waals surface area contributed by atoms with Crippen molar-refractivity contribution in [2.24, 2.45) is 0 Å². The summed E-state index contributed by atoms with van der Waals surface area (Å²) in [4.78, 5) is 13.1. The molecule has 0 unspecified atom stereocenters. The number of hydrogen-bond donors (Lipinski definition) is 1. The van der Waals surface area contributed by atoms with Crippen molar-refractivity contribution in [3.8, 4) is 5.75 Å². The van der Waals surface area contributed by atoms with Gasteiger partial charge in [0.15, 0.2) is 0 Å². The number of benzene rings is 1. The Hall–Kier alpha value is -2.23. The quantitative estimate of drug-likeness (QED) is 0.402. The van der Waals surface area contributed by atoms with E-state index < -0.39 is 0 Å². The molecule has 4 heteroatoms. The molecule has 0 aliphatic rings. The number of anilines is 1. The molecule has 0 atom stereocenters. The maximum Gasteiger partial charge on any atom is 0.255 e. The third kappa shape index (κ3) is 4.78. The number of nitrogens with two attached hydrogens (primary N) is 1. The molecule has 0 aliphatic carbocycles. The van der Waals surface area contributed by atoms with Gasteiger partial charge in [-0.25, -0.2) is 0 Å². The minimum absolute atomic E-state index is 0.0169. The van der Waals surface area contributed by atoms with E-state index in [1.165, 1.54) is 0 Å². The Morgan fingerprint density at radius 1 is 1.04 bits per heavy atom. The predicted octanol–water partition coefficient (Wildman–Crippen LogP) is 5.65. The van der Waals surface area contributed by atoms with E-state index >= 15 is 0 Å². The fourth-order valence-corrected chi connectivity index (χ4v) is 4.20. The molecule has 2 N–H and O–H groups in total. The van der Waals surface area contributed by atoms with E-state index in [2.05, 4.69) is 33.8 Å². The van der Waals surface area contributed by atoms with Crippen molar-refractivity contribution in [3.63, 3.8) is 0 Å². The molecular formula is C24H36N2O2. The van der Waals surface area contributed by atoms with Gasteiger partial charge in [0.1, 0.15) is 5.75 Å². The summed E-state index contributed by atoms with van der Waals surface area (Å²) in [6, 6.07) is 9.60. The number of hydrogen-bond acceptors (Lipinski definition) is 3. The summed E-state index contributed by atoms with van der Waals surface area (Å²) in [6.07, 6.45) is 8.96. The fraction of sp³-hybridized carbons (Fsp3) is 0.542. The SMILES string of the molecule is CCCCCOc1ccn(C(CCC)(CCC)c2cccc(N)c2C)c(=O)c1. The molecule has 0 radical (unpaired) electrons. The summed E-state index contributed by atoms with van der Waals surface area (Å²) >= 11 is 0. The number of aromatic nitrogens is 1. The molecule has 4 nitrogen and oxygen atoms in total. The molecule has 0 saturated heterocycles. The summed E-state index contributed by atoms with van der Waals surface area (Å²) < 4.78 is 7.70. The molecule has 1 aromatic heterocycles. The smallest absolute Gasteiger partial charge is 0.255 e. The highest BCUT2D eigenvalue weighted by Gasteiger charge is 2.35. The zero-order chi connectivity index (χ0) is 20.6. The molecule has 0 amide bonds. The van der Waals surface area contributed by atoms with Gasteiger partial charge in [0.2, 0.25) is 0 Å². The van der Waals surface area contributed by atoms with E-state index in [1.54, 1.807) is 6.07 Å². The second kappa shape index (κ2) is 10.4. The molecule has 0 spiro atoms. The first kappa shape index (κ1) is 22.1. The van der Waals surface area contributed by atoms with Crippen LogP contribution < -0.4 is 16.0 Å². The van der Waals surface area contributed by atoms with Crippen molar-refractivity contribution < 1.29 is 4.74 Å². The zero-order valence-electron chi connectivity index (χ0n) is 18.0. The van der Waals surface area contributed by atoms with Crippen LogP contribution >= 0.6 is 0 Å². The Labute approximate surface area is 169 Å². The average Bonchev–Trinajstić information content (AvgIpc) is 2.67. The topological polar surface area (TPSA) is 57.2 Å². The second-order valence-electron chi connectivity index (χ2n) is 7.68. The van der Waals surface area contributed by atoms with Crippen LogP contribution in [-0.2, 0) is 5.54 Å². The lowest BCUT2D eigenvalue weighted by Crippen LogP contribution is -2.42. The Kier molecular flexibility index (Phi) is 8.16. The Morgan fingerprint density at radius 3 is 2.36 bits per heavy atom. The number of rotatable bonds is 11. The first-order valence-corrected chi connectivity index (χ1v) is 10.7. The third-order valence-electron chi connectivity index (χ3n) is 5.57. The summed E-state index contributed by atoms with van der Waals surface area (Å²) in [5.41, 5.74) is 8.81. The van der Waals surface area contributed by atoms with E-state index in [4.69, 9.17) is 10.5 Å². The average molecular weight is 385 g/mol. The highest BCUT2D eigenvalue weighted by Crippen LogP contribution is 2.38. The standard InChI is InChI=1S/C24H36N2O2/c1-5-8-9-17-28-20-13-16-26(23(27)18-20)24(14-6-2,15-7-3)21-11-10-12-22(25)19(21)4/h10-13,16,18H,5-9,14-15,17,25H2,1-4H3. The van der Waals surface area contributed by atoms with Gasteiger partial charge < -0.3 is 15.0 Å². The lowest BCUT2D eigenvalue weighted by atomic mass is 9.78. The summed E-state index contributed by atoms with van der Waals surface area (Å²) in [6.45, 7) is 9.22. The van der Waals surface area contributed by atoms with Crippen LogP contribution in [0.15, 0.2) is 41.3 Å². The number of nitrogen functional groups attached to an aromatic ring is 1. The van der Waals surface area contributed by atoms with Crippen LogP contribution in [-0.4, -0.2) is 11.2 Å². The molecule has 2 rings (SSSR count). The van der Waals surface area contributed by atoms with E-state index in [0.717, 1.165) is 61.8 Å². The lowest BCUT2D eigenvalue weighted by Gasteiger charge is -2.38. The van der Waals surface area contributed by atoms with Crippen LogP contribution in [0.25, 0.3) is 0 Å². The molecule has 1 aromatic carbocycles. The van der Waals surface area contributed by atoms with Gasteiger partial charge in [-0.15, -0.1) is 0 Å². The first-order valence-electron chi connectivity index (χ1n) is 10.7. The largest absolute Gasteiger partial charge is 0.493 e. The molecular weight excluding hydrogens is 348 g/mol. The Bertz CT molecular complexity index is 804. The summed E-state index contributed by atoms with van der Waals surface area (Å²) in [5.74, 6) is 0.656. The first-order chi connectivity index (χ1) is 13.5. The Morgan fingerprint density at radius 2 is 1.75 bits per heavy atom. The normalized spacial score (nSPS) is 11.6. The van der Waals surface area contributed by atoms with Crippen molar-refractivity contribution in [2.75, 3.05) is 12.3 Å². The maximum atomic E-state index is 13.1. The van der Waals surface area contributed by atoms with Gasteiger partial charge in [0, 0.05) is 18.0 Å². The second-order valence-corrected chi connectivity index (χ2v) is 7.68. The van der Waals surface area contributed by atoms with Crippen molar-refractivity contribution >= 4 is 5.69 Å². The maximum absolute atomic E-state index is 13.1.